The Morgan fingerprint density at radius 2 is 2.19 bits per heavy atom. The number of aryl methyl sites for hydroxylation is 1. The van der Waals surface area contributed by atoms with E-state index < -0.39 is 5.56 Å². The minimum absolute atomic E-state index is 0. The molecule has 2 fully saturated rings. The number of methoxy groups -OCH3 is 1. The molecule has 1 saturated heterocycles. The number of halogens is 1. The maximum atomic E-state index is 12.7. The second kappa shape index (κ2) is 8.67. The number of carbonyl (C=O) groups excluding carboxylic acids is 1. The Balaban J connectivity index is 0.00000243. The van der Waals surface area contributed by atoms with Crippen molar-refractivity contribution in [1.29, 1.82) is 5.26 Å². The summed E-state index contributed by atoms with van der Waals surface area (Å²) in [6.07, 6.45) is 2.46. The van der Waals surface area contributed by atoms with E-state index in [-0.39, 0.29) is 29.9 Å². The highest BCUT2D eigenvalue weighted by Crippen LogP contribution is 2.41. The fourth-order valence-corrected chi connectivity index (χ4v) is 3.66. The number of pyridine rings is 1. The lowest BCUT2D eigenvalue weighted by molar-refractivity contribution is 0.0926. The molecular weight excluding hydrogens is 356 g/mol. The number of H-pyrrole nitrogens is 1. The molecule has 0 unspecified atom stereocenters. The van der Waals surface area contributed by atoms with Crippen molar-refractivity contribution in [3.05, 3.63) is 33.2 Å². The number of aromatic amines is 1. The van der Waals surface area contributed by atoms with Gasteiger partial charge in [-0.15, -0.1) is 12.4 Å². The van der Waals surface area contributed by atoms with Crippen LogP contribution in [0.25, 0.3) is 0 Å². The predicted octanol–water partition coefficient (Wildman–Crippen LogP) is 1.06. The smallest absolute Gasteiger partial charge is 0.266 e. The number of likely N-dealkylation sites (tertiary alicyclic amines) is 1. The standard InChI is InChI=1S/C18H24N4O3.ClH/c1-11-14(7-13(8-19)17(23)20-11)18(24)21-16-10-22(5-6-25-2)9-15(16)12-3-4-12;/h7,12,15-16H,3-6,9-10H2,1-2H3,(H,20,23)(H,21,24);1H/t15-,16+;/m1./s1. The third kappa shape index (κ3) is 4.44. The Bertz CT molecular complexity index is 754. The van der Waals surface area contributed by atoms with Gasteiger partial charge in [0.15, 0.2) is 0 Å². The van der Waals surface area contributed by atoms with E-state index in [4.69, 9.17) is 10.00 Å². The summed E-state index contributed by atoms with van der Waals surface area (Å²) in [5, 5.41) is 12.2. The summed E-state index contributed by atoms with van der Waals surface area (Å²) in [4.78, 5) is 29.3. The van der Waals surface area contributed by atoms with Gasteiger partial charge in [-0.3, -0.25) is 14.5 Å². The molecule has 1 saturated carbocycles. The van der Waals surface area contributed by atoms with Gasteiger partial charge < -0.3 is 15.0 Å². The monoisotopic (exact) mass is 380 g/mol. The average Bonchev–Trinajstić information content (AvgIpc) is 3.35. The van der Waals surface area contributed by atoms with Crippen LogP contribution >= 0.6 is 12.4 Å². The van der Waals surface area contributed by atoms with E-state index in [2.05, 4.69) is 15.2 Å². The second-order valence-electron chi connectivity index (χ2n) is 7.00. The van der Waals surface area contributed by atoms with E-state index in [0.717, 1.165) is 19.6 Å². The molecule has 1 aromatic heterocycles. The molecule has 0 bridgehead atoms. The number of nitrogens with zero attached hydrogens (tertiary/aromatic N) is 2. The molecule has 0 radical (unpaired) electrons. The highest BCUT2D eigenvalue weighted by atomic mass is 35.5. The lowest BCUT2D eigenvalue weighted by Crippen LogP contribution is -2.42. The number of aromatic nitrogens is 1. The zero-order valence-corrected chi connectivity index (χ0v) is 15.9. The number of rotatable bonds is 6. The number of ether oxygens (including phenoxy) is 1. The van der Waals surface area contributed by atoms with Crippen LogP contribution in [-0.4, -0.2) is 55.2 Å². The SMILES string of the molecule is COCCN1C[C@H](NC(=O)c2cc(C#N)c(=O)[nH]c2C)[C@@H](C2CC2)C1.Cl. The van der Waals surface area contributed by atoms with Crippen LogP contribution in [-0.2, 0) is 4.74 Å². The molecular formula is C18H25ClN4O3. The summed E-state index contributed by atoms with van der Waals surface area (Å²) in [6, 6.07) is 3.31. The van der Waals surface area contributed by atoms with Crippen LogP contribution in [0.2, 0.25) is 0 Å². The molecule has 142 valence electrons. The molecule has 0 aromatic carbocycles. The van der Waals surface area contributed by atoms with Crippen molar-refractivity contribution in [2.75, 3.05) is 33.4 Å². The van der Waals surface area contributed by atoms with Gasteiger partial charge in [0.1, 0.15) is 11.6 Å². The summed E-state index contributed by atoms with van der Waals surface area (Å²) < 4.78 is 5.16. The zero-order valence-electron chi connectivity index (χ0n) is 15.1. The Labute approximate surface area is 159 Å². The maximum Gasteiger partial charge on any atom is 0.266 e. The molecule has 2 N–H and O–H groups in total. The normalized spacial score (nSPS) is 22.5. The van der Waals surface area contributed by atoms with Crippen molar-refractivity contribution in [2.24, 2.45) is 11.8 Å². The highest BCUT2D eigenvalue weighted by Gasteiger charge is 2.42. The lowest BCUT2D eigenvalue weighted by Gasteiger charge is -2.20. The Hall–Kier alpha value is -1.88. The summed E-state index contributed by atoms with van der Waals surface area (Å²) in [5.41, 5.74) is 0.349. The largest absolute Gasteiger partial charge is 0.383 e. The molecule has 1 amide bonds. The molecule has 0 spiro atoms. The quantitative estimate of drug-likeness (QED) is 0.769. The molecule has 1 aromatic rings. The molecule has 8 heteroatoms. The predicted molar refractivity (Wildman–Crippen MR) is 99.5 cm³/mol. The lowest BCUT2D eigenvalue weighted by atomic mass is 9.97. The maximum absolute atomic E-state index is 12.7. The first-order valence-electron chi connectivity index (χ1n) is 8.69. The van der Waals surface area contributed by atoms with Gasteiger partial charge in [0, 0.05) is 38.5 Å². The Morgan fingerprint density at radius 1 is 1.46 bits per heavy atom. The van der Waals surface area contributed by atoms with Crippen molar-refractivity contribution in [1.82, 2.24) is 15.2 Å². The summed E-state index contributed by atoms with van der Waals surface area (Å²) in [5.74, 6) is 0.915. The van der Waals surface area contributed by atoms with Crippen molar-refractivity contribution in [2.45, 2.75) is 25.8 Å². The third-order valence-corrected chi connectivity index (χ3v) is 5.20. The van der Waals surface area contributed by atoms with Gasteiger partial charge >= 0.3 is 0 Å². The number of nitrogens with one attached hydrogen (secondary N) is 2. The fraction of sp³-hybridized carbons (Fsp3) is 0.611. The van der Waals surface area contributed by atoms with Gasteiger partial charge in [-0.05, 0) is 37.7 Å². The average molecular weight is 381 g/mol. The van der Waals surface area contributed by atoms with Crippen LogP contribution in [0.5, 0.6) is 0 Å². The Kier molecular flexibility index (Phi) is 6.81. The highest BCUT2D eigenvalue weighted by molar-refractivity contribution is 5.95. The van der Waals surface area contributed by atoms with Crippen LogP contribution in [0.15, 0.2) is 10.9 Å². The molecule has 26 heavy (non-hydrogen) atoms. The number of carbonyl (C=O) groups is 1. The third-order valence-electron chi connectivity index (χ3n) is 5.20. The van der Waals surface area contributed by atoms with E-state index in [1.807, 2.05) is 6.07 Å². The first-order chi connectivity index (χ1) is 12.0. The van der Waals surface area contributed by atoms with Gasteiger partial charge in [0.05, 0.1) is 12.2 Å². The summed E-state index contributed by atoms with van der Waals surface area (Å²) >= 11 is 0. The summed E-state index contributed by atoms with van der Waals surface area (Å²) in [7, 11) is 1.69. The molecule has 2 aliphatic rings. The molecule has 3 rings (SSSR count). The number of hydrogen-bond acceptors (Lipinski definition) is 5. The van der Waals surface area contributed by atoms with Crippen LogP contribution < -0.4 is 10.9 Å². The minimum atomic E-state index is -0.459. The number of nitriles is 1. The van der Waals surface area contributed by atoms with Crippen LogP contribution in [0.4, 0.5) is 0 Å². The molecule has 2 heterocycles. The molecule has 7 nitrogen and oxygen atoms in total. The second-order valence-corrected chi connectivity index (χ2v) is 7.00. The zero-order chi connectivity index (χ0) is 18.0. The fourth-order valence-electron chi connectivity index (χ4n) is 3.66. The van der Waals surface area contributed by atoms with E-state index in [9.17, 15) is 9.59 Å². The van der Waals surface area contributed by atoms with Crippen LogP contribution in [0.1, 0.15) is 34.5 Å². The van der Waals surface area contributed by atoms with Crippen molar-refractivity contribution < 1.29 is 9.53 Å². The van der Waals surface area contributed by atoms with Crippen LogP contribution in [0, 0.1) is 30.1 Å². The molecule has 1 aliphatic heterocycles. The Morgan fingerprint density at radius 3 is 2.81 bits per heavy atom. The molecule has 2 atom stereocenters. The van der Waals surface area contributed by atoms with Crippen molar-refractivity contribution in [3.63, 3.8) is 0 Å². The minimum Gasteiger partial charge on any atom is -0.383 e. The first kappa shape index (κ1) is 20.4. The van der Waals surface area contributed by atoms with Gasteiger partial charge in [0.2, 0.25) is 0 Å². The number of hydrogen-bond donors (Lipinski definition) is 2. The molecule has 1 aliphatic carbocycles. The van der Waals surface area contributed by atoms with Gasteiger partial charge in [-0.1, -0.05) is 0 Å². The first-order valence-corrected chi connectivity index (χ1v) is 8.69. The van der Waals surface area contributed by atoms with E-state index in [1.165, 1.54) is 18.9 Å². The van der Waals surface area contributed by atoms with Gasteiger partial charge in [-0.2, -0.15) is 5.26 Å². The van der Waals surface area contributed by atoms with Crippen LogP contribution in [0.3, 0.4) is 0 Å². The van der Waals surface area contributed by atoms with E-state index in [1.54, 1.807) is 14.0 Å². The number of amides is 1. The topological polar surface area (TPSA) is 98.2 Å². The summed E-state index contributed by atoms with van der Waals surface area (Å²) in [6.45, 7) is 5.01. The van der Waals surface area contributed by atoms with Crippen molar-refractivity contribution >= 4 is 18.3 Å². The van der Waals surface area contributed by atoms with Gasteiger partial charge in [-0.25, -0.2) is 0 Å². The van der Waals surface area contributed by atoms with E-state index >= 15 is 0 Å². The van der Waals surface area contributed by atoms with E-state index in [0.29, 0.717) is 29.7 Å². The van der Waals surface area contributed by atoms with Crippen molar-refractivity contribution in [3.8, 4) is 6.07 Å². The van der Waals surface area contributed by atoms with Gasteiger partial charge in [0.25, 0.3) is 11.5 Å².